The van der Waals surface area contributed by atoms with Crippen molar-refractivity contribution in [1.82, 2.24) is 15.5 Å². The molecule has 0 saturated carbocycles. The lowest BCUT2D eigenvalue weighted by molar-refractivity contribution is -0.137. The predicted octanol–water partition coefficient (Wildman–Crippen LogP) is 2.40. The average Bonchev–Trinajstić information content (AvgIpc) is 2.77. The zero-order chi connectivity index (χ0) is 23.1. The minimum absolute atomic E-state index is 0.205. The van der Waals surface area contributed by atoms with E-state index < -0.39 is 34.6 Å². The van der Waals surface area contributed by atoms with Crippen LogP contribution in [-0.2, 0) is 14.3 Å². The minimum Gasteiger partial charge on any atom is -0.381 e. The molecule has 1 atom stereocenters. The Labute approximate surface area is 186 Å². The molecule has 0 aliphatic carbocycles. The Morgan fingerprint density at radius 1 is 1.06 bits per heavy atom. The molecule has 0 radical (unpaired) electrons. The maximum atomic E-state index is 14.1. The summed E-state index contributed by atoms with van der Waals surface area (Å²) in [5, 5.41) is 5.62. The van der Waals surface area contributed by atoms with Crippen LogP contribution in [0.5, 0.6) is 0 Å². The quantitative estimate of drug-likeness (QED) is 0.687. The molecule has 2 N–H and O–H groups in total. The van der Waals surface area contributed by atoms with Gasteiger partial charge >= 0.3 is 0 Å². The molecule has 3 rings (SSSR count). The van der Waals surface area contributed by atoms with Gasteiger partial charge in [-0.25, -0.2) is 8.78 Å². The molecular formula is C23H31F2N3O4. The Kier molecular flexibility index (Phi) is 8.17. The summed E-state index contributed by atoms with van der Waals surface area (Å²) in [6, 6.07) is 2.64. The van der Waals surface area contributed by atoms with E-state index in [1.54, 1.807) is 6.92 Å². The molecule has 2 saturated heterocycles. The Hall–Kier alpha value is -2.55. The van der Waals surface area contributed by atoms with E-state index in [1.807, 2.05) is 0 Å². The summed E-state index contributed by atoms with van der Waals surface area (Å²) in [7, 11) is 0. The van der Waals surface area contributed by atoms with Gasteiger partial charge in [0.25, 0.3) is 5.91 Å². The van der Waals surface area contributed by atoms with E-state index in [0.717, 1.165) is 25.0 Å². The highest BCUT2D eigenvalue weighted by molar-refractivity contribution is 5.95. The van der Waals surface area contributed by atoms with E-state index in [9.17, 15) is 23.2 Å². The third-order valence-corrected chi connectivity index (χ3v) is 6.37. The van der Waals surface area contributed by atoms with Crippen LogP contribution in [0.1, 0.15) is 55.8 Å². The van der Waals surface area contributed by atoms with Gasteiger partial charge in [-0.2, -0.15) is 0 Å². The highest BCUT2D eigenvalue weighted by Crippen LogP contribution is 2.38. The Morgan fingerprint density at radius 3 is 2.41 bits per heavy atom. The summed E-state index contributed by atoms with van der Waals surface area (Å²) in [6.07, 6.45) is 3.59. The number of likely N-dealkylation sites (tertiary alicyclic amines) is 1. The Morgan fingerprint density at radius 2 is 1.72 bits per heavy atom. The van der Waals surface area contributed by atoms with Gasteiger partial charge in [0.15, 0.2) is 0 Å². The van der Waals surface area contributed by atoms with E-state index in [2.05, 4.69) is 10.6 Å². The molecule has 3 amide bonds. The first-order chi connectivity index (χ1) is 15.3. The molecule has 2 aliphatic heterocycles. The highest BCUT2D eigenvalue weighted by Gasteiger charge is 2.43. The number of halogens is 2. The smallest absolute Gasteiger partial charge is 0.259 e. The normalized spacial score (nSPS) is 23.2. The van der Waals surface area contributed by atoms with E-state index >= 15 is 0 Å². The maximum absolute atomic E-state index is 14.1. The lowest BCUT2D eigenvalue weighted by Gasteiger charge is -2.41. The van der Waals surface area contributed by atoms with Gasteiger partial charge in [-0.3, -0.25) is 14.4 Å². The molecule has 0 bridgehead atoms. The molecular weight excluding hydrogens is 420 g/mol. The fourth-order valence-electron chi connectivity index (χ4n) is 4.31. The topological polar surface area (TPSA) is 87.7 Å². The van der Waals surface area contributed by atoms with Crippen LogP contribution in [0.3, 0.4) is 0 Å². The zero-order valence-corrected chi connectivity index (χ0v) is 18.4. The second kappa shape index (κ2) is 10.8. The van der Waals surface area contributed by atoms with Gasteiger partial charge in [-0.1, -0.05) is 12.5 Å². The van der Waals surface area contributed by atoms with Crippen LogP contribution < -0.4 is 10.6 Å². The van der Waals surface area contributed by atoms with Crippen LogP contribution in [0.15, 0.2) is 18.2 Å². The van der Waals surface area contributed by atoms with Crippen molar-refractivity contribution < 1.29 is 27.9 Å². The number of hydrogen-bond acceptors (Lipinski definition) is 4. The van der Waals surface area contributed by atoms with E-state index in [4.69, 9.17) is 4.74 Å². The van der Waals surface area contributed by atoms with Gasteiger partial charge in [-0.05, 0) is 51.2 Å². The van der Waals surface area contributed by atoms with Crippen LogP contribution in [0.2, 0.25) is 0 Å². The van der Waals surface area contributed by atoms with E-state index in [1.165, 1.54) is 11.0 Å². The van der Waals surface area contributed by atoms with Crippen molar-refractivity contribution in [1.29, 1.82) is 0 Å². The minimum atomic E-state index is -0.897. The fraction of sp³-hybridized carbons (Fsp3) is 0.609. The predicted molar refractivity (Wildman–Crippen MR) is 114 cm³/mol. The molecule has 1 aromatic carbocycles. The number of nitrogens with zero attached hydrogens (tertiary/aromatic N) is 1. The van der Waals surface area contributed by atoms with Gasteiger partial charge in [0, 0.05) is 32.8 Å². The van der Waals surface area contributed by atoms with Crippen molar-refractivity contribution >= 4 is 17.7 Å². The van der Waals surface area contributed by atoms with Crippen molar-refractivity contribution in [2.45, 2.75) is 51.5 Å². The molecule has 1 spiro atoms. The Bertz CT molecular complexity index is 820. The SMILES string of the molecule is C[C@@H]1NC(=O)C2(CCCCOCCCNC1=O)CCN(C(=O)c1c(F)cccc1F)CC2. The number of amides is 3. The van der Waals surface area contributed by atoms with Gasteiger partial charge in [0.2, 0.25) is 11.8 Å². The molecule has 0 unspecified atom stereocenters. The summed E-state index contributed by atoms with van der Waals surface area (Å²) in [5.74, 6) is -2.98. The van der Waals surface area contributed by atoms with Gasteiger partial charge < -0.3 is 20.3 Å². The molecule has 2 aliphatic rings. The van der Waals surface area contributed by atoms with Crippen molar-refractivity contribution in [2.24, 2.45) is 5.41 Å². The molecule has 2 heterocycles. The van der Waals surface area contributed by atoms with Crippen LogP contribution in [0, 0.1) is 17.0 Å². The summed E-state index contributed by atoms with van der Waals surface area (Å²) in [6.45, 7) is 3.68. The maximum Gasteiger partial charge on any atom is 0.259 e. The molecule has 176 valence electrons. The van der Waals surface area contributed by atoms with Crippen molar-refractivity contribution in [3.05, 3.63) is 35.4 Å². The van der Waals surface area contributed by atoms with Gasteiger partial charge in [-0.15, -0.1) is 0 Å². The standard InChI is InChI=1S/C23H31F2N3O4/c1-16-20(29)26-11-5-15-32-14-3-2-8-23(22(31)27-16)9-12-28(13-10-23)21(30)19-17(24)6-4-7-18(19)25/h4,6-7,16H,2-3,5,8-15H2,1H3,(H,26,29)(H,27,31)/t16-/m0/s1. The number of piperidine rings is 1. The number of nitrogens with one attached hydrogen (secondary N) is 2. The summed E-state index contributed by atoms with van der Waals surface area (Å²) in [5.41, 5.74) is -1.32. The lowest BCUT2D eigenvalue weighted by Crippen LogP contribution is -2.54. The first-order valence-corrected chi connectivity index (χ1v) is 11.2. The van der Waals surface area contributed by atoms with E-state index in [-0.39, 0.29) is 24.9 Å². The van der Waals surface area contributed by atoms with Crippen LogP contribution >= 0.6 is 0 Å². The van der Waals surface area contributed by atoms with Crippen molar-refractivity contribution in [2.75, 3.05) is 32.8 Å². The summed E-state index contributed by atoms with van der Waals surface area (Å²) in [4.78, 5) is 39.6. The molecule has 9 heteroatoms. The van der Waals surface area contributed by atoms with Crippen LogP contribution in [-0.4, -0.2) is 61.5 Å². The number of hydrogen-bond donors (Lipinski definition) is 2. The van der Waals surface area contributed by atoms with Crippen molar-refractivity contribution in [3.8, 4) is 0 Å². The second-order valence-corrected chi connectivity index (χ2v) is 8.58. The number of carbonyl (C=O) groups excluding carboxylic acids is 3. The largest absolute Gasteiger partial charge is 0.381 e. The van der Waals surface area contributed by atoms with Crippen LogP contribution in [0.4, 0.5) is 8.78 Å². The number of ether oxygens (including phenoxy) is 1. The summed E-state index contributed by atoms with van der Waals surface area (Å²) < 4.78 is 33.7. The van der Waals surface area contributed by atoms with Crippen molar-refractivity contribution in [3.63, 3.8) is 0 Å². The molecule has 32 heavy (non-hydrogen) atoms. The molecule has 0 aromatic heterocycles. The Balaban J connectivity index is 1.72. The highest BCUT2D eigenvalue weighted by atomic mass is 19.1. The van der Waals surface area contributed by atoms with Gasteiger partial charge in [0.05, 0.1) is 5.41 Å². The number of rotatable bonds is 1. The fourth-order valence-corrected chi connectivity index (χ4v) is 4.31. The molecule has 2 fully saturated rings. The first kappa shape index (κ1) is 24.1. The van der Waals surface area contributed by atoms with Crippen LogP contribution in [0.25, 0.3) is 0 Å². The number of carbonyl (C=O) groups is 3. The van der Waals surface area contributed by atoms with E-state index in [0.29, 0.717) is 45.4 Å². The molecule has 7 nitrogen and oxygen atoms in total. The average molecular weight is 452 g/mol. The first-order valence-electron chi connectivity index (χ1n) is 11.2. The molecule has 1 aromatic rings. The number of benzene rings is 1. The monoisotopic (exact) mass is 451 g/mol. The summed E-state index contributed by atoms with van der Waals surface area (Å²) >= 11 is 0. The lowest BCUT2D eigenvalue weighted by atomic mass is 9.73. The zero-order valence-electron chi connectivity index (χ0n) is 18.4. The third kappa shape index (κ3) is 5.62. The van der Waals surface area contributed by atoms with Gasteiger partial charge in [0.1, 0.15) is 23.2 Å². The second-order valence-electron chi connectivity index (χ2n) is 8.58. The third-order valence-electron chi connectivity index (χ3n) is 6.37.